The first-order valence-corrected chi connectivity index (χ1v) is 8.76. The average molecular weight is 377 g/mol. The topological polar surface area (TPSA) is 43.4 Å². The number of ketones is 1. The molecule has 3 rings (SSSR count). The summed E-state index contributed by atoms with van der Waals surface area (Å²) in [4.78, 5) is 24.4. The molecule has 3 aromatic carbocycles. The van der Waals surface area contributed by atoms with E-state index in [9.17, 15) is 9.59 Å². The molecule has 0 atom stereocenters. The number of halogens is 1. The lowest BCUT2D eigenvalue weighted by Gasteiger charge is -2.05. The number of hydrogen-bond acceptors (Lipinski definition) is 3. The number of aryl methyl sites for hydroxylation is 1. The highest BCUT2D eigenvalue weighted by molar-refractivity contribution is 6.30. The summed E-state index contributed by atoms with van der Waals surface area (Å²) in [6, 6.07) is 20.9. The number of carbonyl (C=O) groups is 2. The monoisotopic (exact) mass is 376 g/mol. The standard InChI is InChI=1S/C23H17ClO3/c1-16-5-8-19(9-6-16)23(26)27-21-4-2-3-17(15-21)7-14-22(25)18-10-12-20(24)13-11-18/h2-15H,1H3. The summed E-state index contributed by atoms with van der Waals surface area (Å²) < 4.78 is 5.41. The Kier molecular flexibility index (Phi) is 5.84. The molecule has 0 aliphatic carbocycles. The quantitative estimate of drug-likeness (QED) is 0.246. The fourth-order valence-corrected chi connectivity index (χ4v) is 2.55. The lowest BCUT2D eigenvalue weighted by Crippen LogP contribution is -2.08. The van der Waals surface area contributed by atoms with Gasteiger partial charge in [-0.25, -0.2) is 4.79 Å². The Labute approximate surface area is 162 Å². The number of rotatable bonds is 5. The van der Waals surface area contributed by atoms with E-state index in [1.54, 1.807) is 60.7 Å². The molecular weight excluding hydrogens is 360 g/mol. The van der Waals surface area contributed by atoms with Crippen molar-refractivity contribution in [3.63, 3.8) is 0 Å². The molecule has 0 heterocycles. The highest BCUT2D eigenvalue weighted by Gasteiger charge is 2.08. The number of carbonyl (C=O) groups excluding carboxylic acids is 2. The third kappa shape index (κ3) is 5.16. The van der Waals surface area contributed by atoms with Crippen LogP contribution in [0.25, 0.3) is 6.08 Å². The van der Waals surface area contributed by atoms with E-state index in [1.807, 2.05) is 25.1 Å². The number of hydrogen-bond donors (Lipinski definition) is 0. The van der Waals surface area contributed by atoms with Gasteiger partial charge in [0.05, 0.1) is 5.56 Å². The van der Waals surface area contributed by atoms with Crippen molar-refractivity contribution in [1.82, 2.24) is 0 Å². The van der Waals surface area contributed by atoms with Crippen LogP contribution in [0.4, 0.5) is 0 Å². The molecule has 0 saturated carbocycles. The lowest BCUT2D eigenvalue weighted by atomic mass is 10.1. The molecule has 0 amide bonds. The normalized spacial score (nSPS) is 10.7. The van der Waals surface area contributed by atoms with Crippen molar-refractivity contribution in [3.8, 4) is 5.75 Å². The zero-order chi connectivity index (χ0) is 19.2. The first kappa shape index (κ1) is 18.6. The van der Waals surface area contributed by atoms with Gasteiger partial charge in [-0.2, -0.15) is 0 Å². The van der Waals surface area contributed by atoms with Crippen LogP contribution in [0.15, 0.2) is 78.9 Å². The zero-order valence-corrected chi connectivity index (χ0v) is 15.4. The van der Waals surface area contributed by atoms with Gasteiger partial charge >= 0.3 is 5.97 Å². The van der Waals surface area contributed by atoms with Crippen LogP contribution in [0, 0.1) is 6.92 Å². The van der Waals surface area contributed by atoms with E-state index in [1.165, 1.54) is 6.08 Å². The van der Waals surface area contributed by atoms with Crippen molar-refractivity contribution in [2.24, 2.45) is 0 Å². The van der Waals surface area contributed by atoms with Gasteiger partial charge in [-0.1, -0.05) is 47.5 Å². The minimum Gasteiger partial charge on any atom is -0.423 e. The summed E-state index contributed by atoms with van der Waals surface area (Å²) in [5.74, 6) is -0.135. The van der Waals surface area contributed by atoms with E-state index >= 15 is 0 Å². The van der Waals surface area contributed by atoms with Crippen LogP contribution in [0.5, 0.6) is 5.75 Å². The molecule has 134 valence electrons. The van der Waals surface area contributed by atoms with Crippen LogP contribution in [0.2, 0.25) is 5.02 Å². The minimum absolute atomic E-state index is 0.131. The summed E-state index contributed by atoms with van der Waals surface area (Å²) in [6.45, 7) is 1.95. The molecule has 4 heteroatoms. The summed E-state index contributed by atoms with van der Waals surface area (Å²) in [5, 5.41) is 0.582. The molecule has 0 spiro atoms. The lowest BCUT2D eigenvalue weighted by molar-refractivity contribution is 0.0734. The molecule has 0 bridgehead atoms. The molecule has 0 saturated heterocycles. The van der Waals surface area contributed by atoms with Crippen molar-refractivity contribution in [3.05, 3.63) is 106 Å². The van der Waals surface area contributed by atoms with Gasteiger partial charge in [-0.15, -0.1) is 0 Å². The van der Waals surface area contributed by atoms with Gasteiger partial charge < -0.3 is 4.74 Å². The molecule has 27 heavy (non-hydrogen) atoms. The fourth-order valence-electron chi connectivity index (χ4n) is 2.42. The number of allylic oxidation sites excluding steroid dienone is 1. The summed E-state index contributed by atoms with van der Waals surface area (Å²) in [5.41, 5.74) is 2.87. The van der Waals surface area contributed by atoms with Crippen LogP contribution in [-0.2, 0) is 0 Å². The second kappa shape index (κ2) is 8.47. The maximum atomic E-state index is 12.2. The van der Waals surface area contributed by atoms with Gasteiger partial charge in [0.15, 0.2) is 5.78 Å². The smallest absolute Gasteiger partial charge is 0.343 e. The predicted molar refractivity (Wildman–Crippen MR) is 107 cm³/mol. The molecule has 3 aromatic rings. The summed E-state index contributed by atoms with van der Waals surface area (Å²) >= 11 is 5.83. The first-order chi connectivity index (χ1) is 13.0. The molecule has 0 unspecified atom stereocenters. The Bertz CT molecular complexity index is 987. The average Bonchev–Trinajstić information content (AvgIpc) is 2.67. The van der Waals surface area contributed by atoms with Crippen LogP contribution in [0.3, 0.4) is 0 Å². The maximum Gasteiger partial charge on any atom is 0.343 e. The SMILES string of the molecule is Cc1ccc(C(=O)Oc2cccc(C=CC(=O)c3ccc(Cl)cc3)c2)cc1. The molecule has 0 radical (unpaired) electrons. The van der Waals surface area contributed by atoms with Crippen LogP contribution < -0.4 is 4.74 Å². The largest absolute Gasteiger partial charge is 0.423 e. The van der Waals surface area contributed by atoms with E-state index in [4.69, 9.17) is 16.3 Å². The Balaban J connectivity index is 1.69. The second-order valence-corrected chi connectivity index (χ2v) is 6.47. The highest BCUT2D eigenvalue weighted by Crippen LogP contribution is 2.17. The van der Waals surface area contributed by atoms with Crippen molar-refractivity contribution < 1.29 is 14.3 Å². The van der Waals surface area contributed by atoms with Gasteiger partial charge in [-0.3, -0.25) is 4.79 Å². The second-order valence-electron chi connectivity index (χ2n) is 6.03. The summed E-state index contributed by atoms with van der Waals surface area (Å²) in [7, 11) is 0. The molecule has 0 aromatic heterocycles. The van der Waals surface area contributed by atoms with Gasteiger partial charge in [0.25, 0.3) is 0 Å². The molecular formula is C23H17ClO3. The van der Waals surface area contributed by atoms with Crippen LogP contribution in [0.1, 0.15) is 31.8 Å². The molecule has 0 N–H and O–H groups in total. The van der Waals surface area contributed by atoms with Crippen molar-refractivity contribution in [1.29, 1.82) is 0 Å². The fraction of sp³-hybridized carbons (Fsp3) is 0.0435. The number of esters is 1. The molecule has 3 nitrogen and oxygen atoms in total. The van der Waals surface area contributed by atoms with Crippen molar-refractivity contribution in [2.75, 3.05) is 0 Å². The van der Waals surface area contributed by atoms with Crippen LogP contribution >= 0.6 is 11.6 Å². The van der Waals surface area contributed by atoms with Gasteiger partial charge in [-0.05, 0) is 67.1 Å². The predicted octanol–water partition coefficient (Wildman–Crippen LogP) is 5.76. The van der Waals surface area contributed by atoms with Crippen LogP contribution in [-0.4, -0.2) is 11.8 Å². The van der Waals surface area contributed by atoms with E-state index < -0.39 is 5.97 Å². The Morgan fingerprint density at radius 3 is 2.26 bits per heavy atom. The van der Waals surface area contributed by atoms with E-state index in [-0.39, 0.29) is 5.78 Å². The summed E-state index contributed by atoms with van der Waals surface area (Å²) in [6.07, 6.45) is 3.16. The highest BCUT2D eigenvalue weighted by atomic mass is 35.5. The number of benzene rings is 3. The third-order valence-corrected chi connectivity index (χ3v) is 4.16. The van der Waals surface area contributed by atoms with E-state index in [0.717, 1.165) is 11.1 Å². The number of ether oxygens (including phenoxy) is 1. The third-order valence-electron chi connectivity index (χ3n) is 3.91. The Hall–Kier alpha value is -3.17. The van der Waals surface area contributed by atoms with Gasteiger partial charge in [0.1, 0.15) is 5.75 Å². The Morgan fingerprint density at radius 1 is 0.889 bits per heavy atom. The van der Waals surface area contributed by atoms with Gasteiger partial charge in [0.2, 0.25) is 0 Å². The van der Waals surface area contributed by atoms with Crippen molar-refractivity contribution >= 4 is 29.4 Å². The van der Waals surface area contributed by atoms with Gasteiger partial charge in [0, 0.05) is 10.6 Å². The maximum absolute atomic E-state index is 12.2. The van der Waals surface area contributed by atoms with E-state index in [0.29, 0.717) is 21.9 Å². The Morgan fingerprint density at radius 2 is 1.56 bits per heavy atom. The molecule has 0 aliphatic rings. The van der Waals surface area contributed by atoms with Crippen molar-refractivity contribution in [2.45, 2.75) is 6.92 Å². The van der Waals surface area contributed by atoms with E-state index in [2.05, 4.69) is 0 Å². The first-order valence-electron chi connectivity index (χ1n) is 8.38. The zero-order valence-electron chi connectivity index (χ0n) is 14.7. The minimum atomic E-state index is -0.423. The molecule has 0 fully saturated rings. The molecule has 0 aliphatic heterocycles.